The van der Waals surface area contributed by atoms with Gasteiger partial charge in [-0.05, 0) is 32.4 Å². The normalized spacial score (nSPS) is 12.8. The van der Waals surface area contributed by atoms with E-state index >= 15 is 0 Å². The van der Waals surface area contributed by atoms with E-state index in [-0.39, 0.29) is 6.10 Å². The van der Waals surface area contributed by atoms with E-state index in [1.54, 1.807) is 7.11 Å². The van der Waals surface area contributed by atoms with E-state index in [1.165, 1.54) is 10.5 Å². The van der Waals surface area contributed by atoms with Crippen LogP contribution in [0.1, 0.15) is 18.9 Å². The highest BCUT2D eigenvalue weighted by molar-refractivity contribution is 7.99. The molecule has 0 aliphatic rings. The van der Waals surface area contributed by atoms with Crippen molar-refractivity contribution in [2.24, 2.45) is 0 Å². The van der Waals surface area contributed by atoms with Crippen LogP contribution < -0.4 is 0 Å². The maximum atomic E-state index is 5.48. The van der Waals surface area contributed by atoms with Crippen molar-refractivity contribution in [3.05, 3.63) is 54.1 Å². The monoisotopic (exact) mass is 262 g/mol. The standard InChI is InChI=1S/C16H22OS/c1-13(2)6-5-7-15(17-4)12-18-16-10-8-14(3)9-11-16/h5-6,8-11,15H,1,7,12H2,2-4H3/b6-5+. The molecule has 0 aliphatic heterocycles. The van der Waals surface area contributed by atoms with Crippen molar-refractivity contribution < 1.29 is 4.74 Å². The summed E-state index contributed by atoms with van der Waals surface area (Å²) in [4.78, 5) is 1.30. The lowest BCUT2D eigenvalue weighted by Gasteiger charge is -2.12. The van der Waals surface area contributed by atoms with Gasteiger partial charge in [0.05, 0.1) is 6.10 Å². The fraction of sp³-hybridized carbons (Fsp3) is 0.375. The van der Waals surface area contributed by atoms with Crippen LogP contribution in [0.15, 0.2) is 53.5 Å². The third-order valence-electron chi connectivity index (χ3n) is 2.59. The lowest BCUT2D eigenvalue weighted by molar-refractivity contribution is 0.125. The van der Waals surface area contributed by atoms with Crippen LogP contribution >= 0.6 is 11.8 Å². The van der Waals surface area contributed by atoms with Gasteiger partial charge in [0, 0.05) is 17.8 Å². The van der Waals surface area contributed by atoms with Crippen LogP contribution in [0.25, 0.3) is 0 Å². The van der Waals surface area contributed by atoms with E-state index in [0.717, 1.165) is 17.7 Å². The second kappa shape index (κ2) is 8.17. The number of benzene rings is 1. The summed E-state index contributed by atoms with van der Waals surface area (Å²) >= 11 is 1.84. The van der Waals surface area contributed by atoms with Gasteiger partial charge < -0.3 is 4.74 Å². The van der Waals surface area contributed by atoms with Gasteiger partial charge in [-0.25, -0.2) is 0 Å². The fourth-order valence-electron chi connectivity index (χ4n) is 1.48. The number of rotatable bonds is 7. The molecule has 0 spiro atoms. The lowest BCUT2D eigenvalue weighted by Crippen LogP contribution is -2.12. The van der Waals surface area contributed by atoms with E-state index in [4.69, 9.17) is 4.74 Å². The van der Waals surface area contributed by atoms with Crippen molar-refractivity contribution in [3.8, 4) is 0 Å². The Balaban J connectivity index is 2.39. The minimum absolute atomic E-state index is 0.256. The van der Waals surface area contributed by atoms with E-state index in [1.807, 2.05) is 24.8 Å². The maximum Gasteiger partial charge on any atom is 0.0699 e. The van der Waals surface area contributed by atoms with Crippen LogP contribution in [0, 0.1) is 6.92 Å². The minimum Gasteiger partial charge on any atom is -0.380 e. The molecule has 1 rings (SSSR count). The second-order valence-corrected chi connectivity index (χ2v) is 5.56. The molecule has 0 saturated heterocycles. The van der Waals surface area contributed by atoms with Gasteiger partial charge in [0.1, 0.15) is 0 Å². The molecule has 0 N–H and O–H groups in total. The van der Waals surface area contributed by atoms with Crippen LogP contribution in [0.5, 0.6) is 0 Å². The fourth-order valence-corrected chi connectivity index (χ4v) is 2.46. The molecule has 0 bridgehead atoms. The van der Waals surface area contributed by atoms with Crippen molar-refractivity contribution >= 4 is 11.8 Å². The summed E-state index contributed by atoms with van der Waals surface area (Å²) in [6.07, 6.45) is 5.36. The molecule has 0 heterocycles. The molecule has 1 unspecified atom stereocenters. The molecule has 0 amide bonds. The summed E-state index contributed by atoms with van der Waals surface area (Å²) in [5, 5.41) is 0. The molecule has 1 aromatic carbocycles. The van der Waals surface area contributed by atoms with Crippen molar-refractivity contribution in [2.45, 2.75) is 31.3 Å². The average molecular weight is 262 g/mol. The van der Waals surface area contributed by atoms with Gasteiger partial charge in [-0.2, -0.15) is 0 Å². The lowest BCUT2D eigenvalue weighted by atomic mass is 10.2. The Labute approximate surface area is 115 Å². The second-order valence-electron chi connectivity index (χ2n) is 4.47. The molecular formula is C16H22OS. The van der Waals surface area contributed by atoms with E-state index in [9.17, 15) is 0 Å². The molecule has 0 fully saturated rings. The number of thioether (sulfide) groups is 1. The zero-order chi connectivity index (χ0) is 13.4. The number of hydrogen-bond acceptors (Lipinski definition) is 2. The van der Waals surface area contributed by atoms with Gasteiger partial charge in [0.2, 0.25) is 0 Å². The SMILES string of the molecule is C=C(C)/C=C/CC(CSc1ccc(C)cc1)OC. The molecule has 1 atom stereocenters. The van der Waals surface area contributed by atoms with Crippen molar-refractivity contribution in [3.63, 3.8) is 0 Å². The predicted octanol–water partition coefficient (Wildman–Crippen LogP) is 4.62. The topological polar surface area (TPSA) is 9.23 Å². The number of allylic oxidation sites excluding steroid dienone is 2. The van der Waals surface area contributed by atoms with E-state index < -0.39 is 0 Å². The van der Waals surface area contributed by atoms with Gasteiger partial charge in [-0.15, -0.1) is 11.8 Å². The van der Waals surface area contributed by atoms with Gasteiger partial charge in [-0.3, -0.25) is 0 Å². The predicted molar refractivity (Wildman–Crippen MR) is 81.3 cm³/mol. The van der Waals surface area contributed by atoms with Crippen LogP contribution in [-0.4, -0.2) is 19.0 Å². The molecule has 0 radical (unpaired) electrons. The number of aryl methyl sites for hydroxylation is 1. The first kappa shape index (κ1) is 15.1. The molecule has 0 aliphatic carbocycles. The van der Waals surface area contributed by atoms with Gasteiger partial charge in [0.15, 0.2) is 0 Å². The van der Waals surface area contributed by atoms with E-state index in [0.29, 0.717) is 0 Å². The van der Waals surface area contributed by atoms with Crippen LogP contribution in [0.3, 0.4) is 0 Å². The van der Waals surface area contributed by atoms with Crippen molar-refractivity contribution in [1.29, 1.82) is 0 Å². The first-order valence-corrected chi connectivity index (χ1v) is 7.14. The Morgan fingerprint density at radius 3 is 2.61 bits per heavy atom. The summed E-state index contributed by atoms with van der Waals surface area (Å²) in [6.45, 7) is 7.95. The molecule has 0 saturated carbocycles. The Morgan fingerprint density at radius 1 is 1.39 bits per heavy atom. The molecule has 2 heteroatoms. The van der Waals surface area contributed by atoms with Crippen LogP contribution in [0.2, 0.25) is 0 Å². The van der Waals surface area contributed by atoms with Crippen molar-refractivity contribution in [2.75, 3.05) is 12.9 Å². The molecule has 18 heavy (non-hydrogen) atoms. The minimum atomic E-state index is 0.256. The molecular weight excluding hydrogens is 240 g/mol. The Kier molecular flexibility index (Phi) is 6.84. The summed E-state index contributed by atoms with van der Waals surface area (Å²) in [5.41, 5.74) is 2.38. The summed E-state index contributed by atoms with van der Waals surface area (Å²) in [6, 6.07) is 8.61. The summed E-state index contributed by atoms with van der Waals surface area (Å²) in [7, 11) is 1.77. The molecule has 98 valence electrons. The van der Waals surface area contributed by atoms with Gasteiger partial charge in [0.25, 0.3) is 0 Å². The Bertz CT molecular complexity index is 392. The third-order valence-corrected chi connectivity index (χ3v) is 3.74. The van der Waals surface area contributed by atoms with Crippen LogP contribution in [-0.2, 0) is 4.74 Å². The largest absolute Gasteiger partial charge is 0.380 e. The van der Waals surface area contributed by atoms with Gasteiger partial charge >= 0.3 is 0 Å². The Hall–Kier alpha value is -0.990. The van der Waals surface area contributed by atoms with Crippen LogP contribution in [0.4, 0.5) is 0 Å². The van der Waals surface area contributed by atoms with Crippen molar-refractivity contribution in [1.82, 2.24) is 0 Å². The maximum absolute atomic E-state index is 5.48. The Morgan fingerprint density at radius 2 is 2.06 bits per heavy atom. The summed E-state index contributed by atoms with van der Waals surface area (Å²) < 4.78 is 5.48. The number of hydrogen-bond donors (Lipinski definition) is 0. The highest BCUT2D eigenvalue weighted by Gasteiger charge is 2.05. The third kappa shape index (κ3) is 6.08. The molecule has 1 nitrogen and oxygen atoms in total. The zero-order valence-electron chi connectivity index (χ0n) is 11.5. The van der Waals surface area contributed by atoms with E-state index in [2.05, 4.69) is 43.8 Å². The highest BCUT2D eigenvalue weighted by atomic mass is 32.2. The zero-order valence-corrected chi connectivity index (χ0v) is 12.3. The summed E-state index contributed by atoms with van der Waals surface area (Å²) in [5.74, 6) is 0.972. The smallest absolute Gasteiger partial charge is 0.0699 e. The average Bonchev–Trinajstić information content (AvgIpc) is 2.35. The molecule has 1 aromatic rings. The molecule has 0 aromatic heterocycles. The van der Waals surface area contributed by atoms with Gasteiger partial charge in [-0.1, -0.05) is 42.0 Å². The number of methoxy groups -OCH3 is 1. The number of ether oxygens (including phenoxy) is 1. The first-order valence-electron chi connectivity index (χ1n) is 6.16. The highest BCUT2D eigenvalue weighted by Crippen LogP contribution is 2.21. The quantitative estimate of drug-likeness (QED) is 0.523. The first-order chi connectivity index (χ1) is 8.61.